The highest BCUT2D eigenvalue weighted by Gasteiger charge is 2.10. The van der Waals surface area contributed by atoms with Gasteiger partial charge in [0.25, 0.3) is 0 Å². The Morgan fingerprint density at radius 3 is 2.83 bits per heavy atom. The van der Waals surface area contributed by atoms with Crippen LogP contribution in [-0.2, 0) is 11.2 Å². The van der Waals surface area contributed by atoms with Crippen LogP contribution in [0.5, 0.6) is 0 Å². The monoisotopic (exact) mass is 311 g/mol. The molecule has 0 unspecified atom stereocenters. The van der Waals surface area contributed by atoms with Crippen molar-refractivity contribution in [2.24, 2.45) is 0 Å². The maximum absolute atomic E-state index is 13.6. The lowest BCUT2D eigenvalue weighted by molar-refractivity contribution is -0.115. The Hall–Kier alpha value is -3.09. The molecule has 0 saturated carbocycles. The standard InChI is InChI=1S/C16H14FN5O/c1-11-18-6-7-22(11)15-9-14(19-10-20-15)21-16(23)8-12-4-2-3-5-13(12)17/h2-7,9-10H,8H2,1H3,(H,19,20,21,23). The molecule has 0 aliphatic rings. The van der Waals surface area contributed by atoms with Gasteiger partial charge in [-0.25, -0.2) is 19.3 Å². The summed E-state index contributed by atoms with van der Waals surface area (Å²) in [6, 6.07) is 7.81. The van der Waals surface area contributed by atoms with Crippen molar-refractivity contribution in [1.29, 1.82) is 0 Å². The Bertz CT molecular complexity index is 846. The van der Waals surface area contributed by atoms with Gasteiger partial charge >= 0.3 is 0 Å². The number of carbonyl (C=O) groups excluding carboxylic acids is 1. The average Bonchev–Trinajstić information content (AvgIpc) is 2.96. The van der Waals surface area contributed by atoms with E-state index in [0.717, 1.165) is 5.82 Å². The molecule has 1 N–H and O–H groups in total. The van der Waals surface area contributed by atoms with Gasteiger partial charge in [-0.1, -0.05) is 18.2 Å². The SMILES string of the molecule is Cc1nccn1-c1cc(NC(=O)Cc2ccccc2F)ncn1. The fourth-order valence-electron chi connectivity index (χ4n) is 2.17. The zero-order valence-corrected chi connectivity index (χ0v) is 12.4. The van der Waals surface area contributed by atoms with Gasteiger partial charge in [0.2, 0.25) is 5.91 Å². The minimum atomic E-state index is -0.403. The molecule has 7 heteroatoms. The zero-order valence-electron chi connectivity index (χ0n) is 12.4. The van der Waals surface area contributed by atoms with E-state index in [0.29, 0.717) is 17.2 Å². The molecule has 1 aromatic carbocycles. The minimum absolute atomic E-state index is 0.0594. The summed E-state index contributed by atoms with van der Waals surface area (Å²) in [5.41, 5.74) is 0.338. The number of hydrogen-bond acceptors (Lipinski definition) is 4. The molecule has 0 bridgehead atoms. The van der Waals surface area contributed by atoms with Crippen LogP contribution in [0.4, 0.5) is 10.2 Å². The second-order valence-corrected chi connectivity index (χ2v) is 4.92. The molecule has 2 aromatic heterocycles. The lowest BCUT2D eigenvalue weighted by atomic mass is 10.1. The predicted molar refractivity (Wildman–Crippen MR) is 82.6 cm³/mol. The van der Waals surface area contributed by atoms with E-state index in [1.54, 1.807) is 41.2 Å². The smallest absolute Gasteiger partial charge is 0.230 e. The number of aromatic nitrogens is 4. The highest BCUT2D eigenvalue weighted by Crippen LogP contribution is 2.12. The molecule has 3 rings (SSSR count). The van der Waals surface area contributed by atoms with E-state index in [-0.39, 0.29) is 12.3 Å². The maximum atomic E-state index is 13.6. The van der Waals surface area contributed by atoms with Crippen LogP contribution in [-0.4, -0.2) is 25.4 Å². The third-order valence-electron chi connectivity index (χ3n) is 3.30. The molecule has 0 saturated heterocycles. The zero-order chi connectivity index (χ0) is 16.2. The molecule has 0 radical (unpaired) electrons. The molecule has 6 nitrogen and oxygen atoms in total. The van der Waals surface area contributed by atoms with Crippen molar-refractivity contribution in [3.63, 3.8) is 0 Å². The Labute approximate surface area is 132 Å². The number of benzene rings is 1. The second kappa shape index (κ2) is 6.35. The first-order valence-corrected chi connectivity index (χ1v) is 6.99. The summed E-state index contributed by atoms with van der Waals surface area (Å²) in [7, 11) is 0. The first-order chi connectivity index (χ1) is 11.1. The highest BCUT2D eigenvalue weighted by atomic mass is 19.1. The molecule has 1 amide bonds. The van der Waals surface area contributed by atoms with Crippen LogP contribution in [0, 0.1) is 12.7 Å². The first-order valence-electron chi connectivity index (χ1n) is 6.99. The van der Waals surface area contributed by atoms with E-state index in [2.05, 4.69) is 20.3 Å². The maximum Gasteiger partial charge on any atom is 0.230 e. The summed E-state index contributed by atoms with van der Waals surface area (Å²) >= 11 is 0. The van der Waals surface area contributed by atoms with Crippen LogP contribution in [0.15, 0.2) is 49.1 Å². The summed E-state index contributed by atoms with van der Waals surface area (Å²) < 4.78 is 15.3. The molecule has 116 valence electrons. The number of anilines is 1. The van der Waals surface area contributed by atoms with Crippen molar-refractivity contribution < 1.29 is 9.18 Å². The van der Waals surface area contributed by atoms with E-state index in [1.807, 2.05) is 6.92 Å². The van der Waals surface area contributed by atoms with E-state index in [9.17, 15) is 9.18 Å². The lowest BCUT2D eigenvalue weighted by Crippen LogP contribution is -2.16. The highest BCUT2D eigenvalue weighted by molar-refractivity contribution is 5.91. The Morgan fingerprint density at radius 2 is 2.09 bits per heavy atom. The fourth-order valence-corrected chi connectivity index (χ4v) is 2.17. The van der Waals surface area contributed by atoms with Crippen molar-refractivity contribution in [3.8, 4) is 5.82 Å². The number of hydrogen-bond donors (Lipinski definition) is 1. The van der Waals surface area contributed by atoms with Crippen LogP contribution >= 0.6 is 0 Å². The molecule has 2 heterocycles. The van der Waals surface area contributed by atoms with Gasteiger partial charge in [0.05, 0.1) is 6.42 Å². The molecule has 0 fully saturated rings. The number of nitrogens with one attached hydrogen (secondary N) is 1. The second-order valence-electron chi connectivity index (χ2n) is 4.92. The van der Waals surface area contributed by atoms with E-state index < -0.39 is 5.82 Å². The quantitative estimate of drug-likeness (QED) is 0.802. The molecule has 3 aromatic rings. The summed E-state index contributed by atoms with van der Waals surface area (Å²) in [6.45, 7) is 1.85. The van der Waals surface area contributed by atoms with Crippen LogP contribution in [0.25, 0.3) is 5.82 Å². The Balaban J connectivity index is 1.74. The summed E-state index contributed by atoms with van der Waals surface area (Å²) in [5, 5.41) is 2.65. The number of imidazole rings is 1. The van der Waals surface area contributed by atoms with Crippen molar-refractivity contribution in [2.75, 3.05) is 5.32 Å². The van der Waals surface area contributed by atoms with Crippen molar-refractivity contribution in [2.45, 2.75) is 13.3 Å². The number of rotatable bonds is 4. The molecule has 0 aliphatic heterocycles. The molecular formula is C16H14FN5O. The van der Waals surface area contributed by atoms with E-state index in [1.165, 1.54) is 12.4 Å². The molecule has 0 aliphatic carbocycles. The van der Waals surface area contributed by atoms with Gasteiger partial charge < -0.3 is 5.32 Å². The third-order valence-corrected chi connectivity index (χ3v) is 3.30. The number of aryl methyl sites for hydroxylation is 1. The number of amides is 1. The van der Waals surface area contributed by atoms with Crippen molar-refractivity contribution in [1.82, 2.24) is 19.5 Å². The lowest BCUT2D eigenvalue weighted by Gasteiger charge is -2.08. The van der Waals surface area contributed by atoms with Crippen molar-refractivity contribution in [3.05, 3.63) is 66.3 Å². The van der Waals surface area contributed by atoms with E-state index in [4.69, 9.17) is 0 Å². The topological polar surface area (TPSA) is 72.7 Å². The van der Waals surface area contributed by atoms with Gasteiger partial charge in [0.1, 0.15) is 29.6 Å². The van der Waals surface area contributed by atoms with Gasteiger partial charge in [0, 0.05) is 18.5 Å². The Morgan fingerprint density at radius 1 is 1.26 bits per heavy atom. The minimum Gasteiger partial charge on any atom is -0.310 e. The largest absolute Gasteiger partial charge is 0.310 e. The van der Waals surface area contributed by atoms with Crippen LogP contribution in [0.3, 0.4) is 0 Å². The summed E-state index contributed by atoms with van der Waals surface area (Å²) in [5.74, 6) is 0.968. The first kappa shape index (κ1) is 14.8. The van der Waals surface area contributed by atoms with Gasteiger partial charge in [-0.3, -0.25) is 9.36 Å². The molecule has 23 heavy (non-hydrogen) atoms. The number of carbonyl (C=O) groups is 1. The van der Waals surface area contributed by atoms with Gasteiger partial charge in [0.15, 0.2) is 0 Å². The predicted octanol–water partition coefficient (Wildman–Crippen LogP) is 2.29. The molecule has 0 atom stereocenters. The number of halogens is 1. The molecular weight excluding hydrogens is 297 g/mol. The fraction of sp³-hybridized carbons (Fsp3) is 0.125. The molecule has 0 spiro atoms. The summed E-state index contributed by atoms with van der Waals surface area (Å²) in [4.78, 5) is 24.3. The third kappa shape index (κ3) is 3.39. The van der Waals surface area contributed by atoms with Gasteiger partial charge in [-0.2, -0.15) is 0 Å². The van der Waals surface area contributed by atoms with Crippen LogP contribution in [0.1, 0.15) is 11.4 Å². The van der Waals surface area contributed by atoms with E-state index >= 15 is 0 Å². The Kier molecular flexibility index (Phi) is 4.09. The average molecular weight is 311 g/mol. The van der Waals surface area contributed by atoms with Crippen molar-refractivity contribution >= 4 is 11.7 Å². The van der Waals surface area contributed by atoms with Crippen LogP contribution in [0.2, 0.25) is 0 Å². The van der Waals surface area contributed by atoms with Gasteiger partial charge in [-0.05, 0) is 18.6 Å². The van der Waals surface area contributed by atoms with Crippen LogP contribution < -0.4 is 5.32 Å². The number of nitrogens with zero attached hydrogens (tertiary/aromatic N) is 4. The van der Waals surface area contributed by atoms with Gasteiger partial charge in [-0.15, -0.1) is 0 Å². The summed E-state index contributed by atoms with van der Waals surface area (Å²) in [6.07, 6.45) is 4.72. The normalized spacial score (nSPS) is 10.5.